The third-order valence-corrected chi connectivity index (χ3v) is 8.84. The fourth-order valence-corrected chi connectivity index (χ4v) is 7.40. The van der Waals surface area contributed by atoms with Gasteiger partial charge in [0.25, 0.3) is 0 Å². The molecule has 35 heavy (non-hydrogen) atoms. The van der Waals surface area contributed by atoms with Crippen LogP contribution in [0.1, 0.15) is 5.56 Å². The van der Waals surface area contributed by atoms with E-state index in [1.165, 1.54) is 22.8 Å². The van der Waals surface area contributed by atoms with Gasteiger partial charge in [-0.3, -0.25) is 4.90 Å². The number of nitrogens with one attached hydrogen (secondary N) is 1. The van der Waals surface area contributed by atoms with E-state index in [2.05, 4.69) is 39.0 Å². The lowest BCUT2D eigenvalue weighted by atomic mass is 10.1. The monoisotopic (exact) mass is 506 g/mol. The van der Waals surface area contributed by atoms with Crippen molar-refractivity contribution in [2.24, 2.45) is 0 Å². The smallest absolute Gasteiger partial charge is 0.178 e. The first kappa shape index (κ1) is 23.9. The second kappa shape index (κ2) is 10.0. The highest BCUT2D eigenvalue weighted by Gasteiger charge is 2.22. The van der Waals surface area contributed by atoms with Gasteiger partial charge in [0, 0.05) is 73.1 Å². The maximum Gasteiger partial charge on any atom is 0.178 e. The van der Waals surface area contributed by atoms with Crippen molar-refractivity contribution in [3.63, 3.8) is 0 Å². The van der Waals surface area contributed by atoms with E-state index in [-0.39, 0.29) is 0 Å². The summed E-state index contributed by atoms with van der Waals surface area (Å²) in [5, 5.41) is 1.87. The van der Waals surface area contributed by atoms with E-state index in [1.54, 1.807) is 11.8 Å². The summed E-state index contributed by atoms with van der Waals surface area (Å²) in [6.45, 7) is 6.67. The molecule has 0 saturated carbocycles. The number of anilines is 1. The van der Waals surface area contributed by atoms with Crippen molar-refractivity contribution in [3.05, 3.63) is 72.4 Å². The zero-order chi connectivity index (χ0) is 24.4. The first-order chi connectivity index (χ1) is 16.9. The van der Waals surface area contributed by atoms with E-state index in [4.69, 9.17) is 4.98 Å². The number of hydrogen-bond donors (Lipinski definition) is 1. The highest BCUT2D eigenvalue weighted by molar-refractivity contribution is 8.00. The summed E-state index contributed by atoms with van der Waals surface area (Å²) in [4.78, 5) is 13.3. The Morgan fingerprint density at radius 1 is 1.00 bits per heavy atom. The van der Waals surface area contributed by atoms with Crippen LogP contribution in [0.3, 0.4) is 0 Å². The molecule has 1 saturated heterocycles. The molecule has 2 aromatic carbocycles. The zero-order valence-corrected chi connectivity index (χ0v) is 21.7. The van der Waals surface area contributed by atoms with Gasteiger partial charge in [0.05, 0.1) is 5.69 Å². The first-order valence-corrected chi connectivity index (χ1v) is 14.7. The average molecular weight is 507 g/mol. The predicted octanol–water partition coefficient (Wildman–Crippen LogP) is 4.86. The molecule has 0 atom stereocenters. The number of aromatic amines is 1. The number of fused-ring (bicyclic) bond motifs is 1. The van der Waals surface area contributed by atoms with Crippen molar-refractivity contribution in [2.45, 2.75) is 16.8 Å². The number of thioether (sulfide) groups is 1. The molecule has 4 aromatic rings. The Hall–Kier alpha value is -2.81. The van der Waals surface area contributed by atoms with E-state index in [0.717, 1.165) is 55.3 Å². The van der Waals surface area contributed by atoms with Crippen LogP contribution in [0.2, 0.25) is 0 Å². The molecule has 1 fully saturated rings. The molecule has 182 valence electrons. The van der Waals surface area contributed by atoms with Crippen molar-refractivity contribution in [1.29, 1.82) is 0 Å². The number of rotatable bonds is 7. The van der Waals surface area contributed by atoms with Gasteiger partial charge in [0.2, 0.25) is 0 Å². The Morgan fingerprint density at radius 2 is 1.77 bits per heavy atom. The summed E-state index contributed by atoms with van der Waals surface area (Å²) < 4.78 is 25.1. The van der Waals surface area contributed by atoms with Gasteiger partial charge in [-0.2, -0.15) is 0 Å². The lowest BCUT2D eigenvalue weighted by Crippen LogP contribution is -2.47. The number of nitrogens with zero attached hydrogens (tertiary/aromatic N) is 3. The number of hydrogen-bond acceptors (Lipinski definition) is 6. The van der Waals surface area contributed by atoms with E-state index in [1.807, 2.05) is 49.5 Å². The predicted molar refractivity (Wildman–Crippen MR) is 145 cm³/mol. The minimum Gasteiger partial charge on any atom is -0.368 e. The highest BCUT2D eigenvalue weighted by atomic mass is 32.2. The molecule has 0 unspecified atom stereocenters. The fourth-order valence-electron chi connectivity index (χ4n) is 4.77. The van der Waals surface area contributed by atoms with Gasteiger partial charge in [-0.1, -0.05) is 36.4 Å². The summed E-state index contributed by atoms with van der Waals surface area (Å²) in [7, 11) is -3.38. The van der Waals surface area contributed by atoms with Crippen LogP contribution in [0.5, 0.6) is 0 Å². The van der Waals surface area contributed by atoms with Crippen molar-refractivity contribution >= 4 is 38.2 Å². The normalized spacial score (nSPS) is 15.1. The van der Waals surface area contributed by atoms with Crippen LogP contribution in [0.25, 0.3) is 22.2 Å². The summed E-state index contributed by atoms with van der Waals surface area (Å²) >= 11 is 1.54. The molecule has 1 aliphatic heterocycles. The van der Waals surface area contributed by atoms with E-state index in [0.29, 0.717) is 9.92 Å². The standard InChI is InChI=1S/C27H30N4O2S2/c1-20-19-24(21-7-4-3-5-8-21)29-27(26(20)35(2,32)33)34-18-17-30-13-15-31(16-14-30)25-10-6-9-23-22(25)11-12-28-23/h3-12,19,28H,13-18H2,1-2H3. The molecular formula is C27H30N4O2S2. The fraction of sp³-hybridized carbons (Fsp3) is 0.296. The first-order valence-electron chi connectivity index (χ1n) is 11.8. The second-order valence-electron chi connectivity index (χ2n) is 8.99. The SMILES string of the molecule is Cc1cc(-c2ccccc2)nc(SCCN2CCN(c3cccc4[nH]ccc34)CC2)c1S(C)(=O)=O. The van der Waals surface area contributed by atoms with E-state index < -0.39 is 9.84 Å². The molecule has 1 N–H and O–H groups in total. The third kappa shape index (κ3) is 5.24. The summed E-state index contributed by atoms with van der Waals surface area (Å²) in [6.07, 6.45) is 3.27. The number of benzene rings is 2. The van der Waals surface area contributed by atoms with E-state index >= 15 is 0 Å². The van der Waals surface area contributed by atoms with Crippen LogP contribution in [-0.2, 0) is 9.84 Å². The molecule has 2 aromatic heterocycles. The molecular weight excluding hydrogens is 476 g/mol. The topological polar surface area (TPSA) is 69.3 Å². The number of pyridine rings is 1. The van der Waals surface area contributed by atoms with Gasteiger partial charge >= 0.3 is 0 Å². The van der Waals surface area contributed by atoms with Crippen molar-refractivity contribution in [2.75, 3.05) is 49.6 Å². The minimum atomic E-state index is -3.38. The van der Waals surface area contributed by atoms with Gasteiger partial charge in [0.1, 0.15) is 9.92 Å². The molecule has 0 radical (unpaired) electrons. The Morgan fingerprint density at radius 3 is 2.51 bits per heavy atom. The molecule has 3 heterocycles. The molecule has 5 rings (SSSR count). The number of aromatic nitrogens is 2. The van der Waals surface area contributed by atoms with Crippen LogP contribution < -0.4 is 4.90 Å². The molecule has 6 nitrogen and oxygen atoms in total. The maximum atomic E-state index is 12.6. The van der Waals surface area contributed by atoms with Crippen molar-refractivity contribution < 1.29 is 8.42 Å². The Balaban J connectivity index is 1.25. The number of sulfone groups is 1. The quantitative estimate of drug-likeness (QED) is 0.361. The van der Waals surface area contributed by atoms with Crippen LogP contribution in [0.15, 0.2) is 76.8 Å². The van der Waals surface area contributed by atoms with Gasteiger partial charge in [-0.25, -0.2) is 13.4 Å². The lowest BCUT2D eigenvalue weighted by Gasteiger charge is -2.36. The average Bonchev–Trinajstić information content (AvgIpc) is 3.33. The molecule has 0 aliphatic carbocycles. The van der Waals surface area contributed by atoms with Crippen molar-refractivity contribution in [1.82, 2.24) is 14.9 Å². The number of H-pyrrole nitrogens is 1. The molecule has 0 bridgehead atoms. The summed E-state index contributed by atoms with van der Waals surface area (Å²) in [6, 6.07) is 20.4. The van der Waals surface area contributed by atoms with E-state index in [9.17, 15) is 8.42 Å². The summed E-state index contributed by atoms with van der Waals surface area (Å²) in [5.74, 6) is 0.792. The number of aryl methyl sites for hydroxylation is 1. The van der Waals surface area contributed by atoms with Gasteiger partial charge in [-0.15, -0.1) is 11.8 Å². The highest BCUT2D eigenvalue weighted by Crippen LogP contribution is 2.32. The maximum absolute atomic E-state index is 12.6. The van der Waals surface area contributed by atoms with Crippen LogP contribution in [0.4, 0.5) is 5.69 Å². The molecule has 0 amide bonds. The summed E-state index contributed by atoms with van der Waals surface area (Å²) in [5.41, 5.74) is 5.00. The molecule has 1 aliphatic rings. The number of piperazine rings is 1. The van der Waals surface area contributed by atoms with Crippen LogP contribution in [0, 0.1) is 6.92 Å². The third-order valence-electron chi connectivity index (χ3n) is 6.50. The Labute approximate surface area is 211 Å². The van der Waals surface area contributed by atoms with Crippen LogP contribution >= 0.6 is 11.8 Å². The second-order valence-corrected chi connectivity index (χ2v) is 12.0. The Kier molecular flexibility index (Phi) is 6.86. The molecule has 0 spiro atoms. The largest absolute Gasteiger partial charge is 0.368 e. The Bertz CT molecular complexity index is 1430. The minimum absolute atomic E-state index is 0.353. The van der Waals surface area contributed by atoms with Gasteiger partial charge in [-0.05, 0) is 36.8 Å². The van der Waals surface area contributed by atoms with Crippen molar-refractivity contribution in [3.8, 4) is 11.3 Å². The molecule has 8 heteroatoms. The zero-order valence-electron chi connectivity index (χ0n) is 20.1. The van der Waals surface area contributed by atoms with Gasteiger partial charge < -0.3 is 9.88 Å². The van der Waals surface area contributed by atoms with Gasteiger partial charge in [0.15, 0.2) is 9.84 Å². The van der Waals surface area contributed by atoms with Crippen LogP contribution in [-0.4, -0.2) is 68.0 Å². The lowest BCUT2D eigenvalue weighted by molar-refractivity contribution is 0.273.